The lowest BCUT2D eigenvalue weighted by Crippen LogP contribution is -2.33. The summed E-state index contributed by atoms with van der Waals surface area (Å²) in [6.45, 7) is 0.439. The minimum atomic E-state index is -4.32. The van der Waals surface area contributed by atoms with Crippen molar-refractivity contribution in [3.8, 4) is 10.6 Å². The van der Waals surface area contributed by atoms with E-state index < -0.39 is 15.9 Å². The lowest BCUT2D eigenvalue weighted by molar-refractivity contribution is -0.695. The van der Waals surface area contributed by atoms with Crippen LogP contribution in [0.15, 0.2) is 30.9 Å². The SMILES string of the molecule is O=C(CC[n+]1ccc(-c2ncns2)cc1)CCS(=O)(=O)[O-]. The van der Waals surface area contributed by atoms with Gasteiger partial charge in [0, 0.05) is 29.9 Å². The van der Waals surface area contributed by atoms with Crippen molar-refractivity contribution in [3.05, 3.63) is 30.9 Å². The molecule has 0 aromatic carbocycles. The van der Waals surface area contributed by atoms with E-state index >= 15 is 0 Å². The summed E-state index contributed by atoms with van der Waals surface area (Å²) in [5, 5.41) is 0.818. The van der Waals surface area contributed by atoms with Gasteiger partial charge >= 0.3 is 0 Å². The molecule has 9 heteroatoms. The van der Waals surface area contributed by atoms with Gasteiger partial charge in [-0.1, -0.05) is 0 Å². The average Bonchev–Trinajstić information content (AvgIpc) is 2.97. The molecule has 0 saturated heterocycles. The highest BCUT2D eigenvalue weighted by molar-refractivity contribution is 7.85. The number of rotatable bonds is 7. The normalized spacial score (nSPS) is 11.5. The summed E-state index contributed by atoms with van der Waals surface area (Å²) in [5.74, 6) is -0.873. The zero-order valence-electron chi connectivity index (χ0n) is 11.0. The maximum atomic E-state index is 11.5. The van der Waals surface area contributed by atoms with Crippen LogP contribution in [-0.4, -0.2) is 33.9 Å². The summed E-state index contributed by atoms with van der Waals surface area (Å²) >= 11 is 1.30. The Morgan fingerprint density at radius 2 is 2.00 bits per heavy atom. The fraction of sp³-hybridized carbons (Fsp3) is 0.333. The van der Waals surface area contributed by atoms with Gasteiger partial charge in [0.25, 0.3) is 0 Å². The van der Waals surface area contributed by atoms with Crippen molar-refractivity contribution in [2.24, 2.45) is 0 Å². The monoisotopic (exact) mass is 327 g/mol. The Labute approximate surface area is 126 Å². The molecule has 0 saturated carbocycles. The highest BCUT2D eigenvalue weighted by atomic mass is 32.2. The predicted molar refractivity (Wildman–Crippen MR) is 74.3 cm³/mol. The molecule has 0 aliphatic heterocycles. The number of aryl methyl sites for hydroxylation is 1. The van der Waals surface area contributed by atoms with Crippen molar-refractivity contribution >= 4 is 27.4 Å². The molecule has 0 aliphatic rings. The number of aromatic nitrogens is 3. The van der Waals surface area contributed by atoms with E-state index in [2.05, 4.69) is 9.36 Å². The van der Waals surface area contributed by atoms with Crippen molar-refractivity contribution in [1.82, 2.24) is 9.36 Å². The maximum Gasteiger partial charge on any atom is 0.169 e. The third-order valence-electron chi connectivity index (χ3n) is 2.78. The quantitative estimate of drug-likeness (QED) is 0.538. The van der Waals surface area contributed by atoms with Crippen molar-refractivity contribution < 1.29 is 22.3 Å². The molecule has 0 bridgehead atoms. The molecule has 112 valence electrons. The molecular weight excluding hydrogens is 314 g/mol. The Hall–Kier alpha value is -1.71. The molecule has 0 atom stereocenters. The standard InChI is InChI=1S/C12H13N3O4S2/c16-11(4-8-21(17,18)19)3-7-15-5-1-10(2-6-15)12-13-9-14-20-12/h1-2,5-6,9H,3-4,7-8H2. The largest absolute Gasteiger partial charge is 0.748 e. The number of pyridine rings is 1. The molecule has 2 aromatic rings. The second-order valence-corrected chi connectivity index (χ2v) is 6.68. The van der Waals surface area contributed by atoms with Crippen molar-refractivity contribution in [2.75, 3.05) is 5.75 Å². The Kier molecular flexibility index (Phi) is 5.10. The molecule has 0 aliphatic carbocycles. The fourth-order valence-electron chi connectivity index (χ4n) is 1.67. The van der Waals surface area contributed by atoms with Crippen molar-refractivity contribution in [2.45, 2.75) is 19.4 Å². The topological polar surface area (TPSA) is 104 Å². The van der Waals surface area contributed by atoms with E-state index in [4.69, 9.17) is 0 Å². The van der Waals surface area contributed by atoms with Gasteiger partial charge in [-0.3, -0.25) is 4.79 Å². The van der Waals surface area contributed by atoms with E-state index in [-0.39, 0.29) is 18.6 Å². The van der Waals surface area contributed by atoms with Crippen LogP contribution in [0, 0.1) is 0 Å². The molecule has 7 nitrogen and oxygen atoms in total. The molecule has 0 unspecified atom stereocenters. The Balaban J connectivity index is 1.85. The molecule has 2 rings (SSSR count). The second-order valence-electron chi connectivity index (χ2n) is 4.37. The van der Waals surface area contributed by atoms with Crippen LogP contribution in [0.5, 0.6) is 0 Å². The van der Waals surface area contributed by atoms with Crippen LogP contribution < -0.4 is 4.57 Å². The number of Topliss-reactive ketones (excluding diaryl/α,β-unsaturated/α-hetero) is 1. The first-order valence-corrected chi connectivity index (χ1v) is 8.50. The summed E-state index contributed by atoms with van der Waals surface area (Å²) in [6.07, 6.45) is 5.08. The van der Waals surface area contributed by atoms with Crippen molar-refractivity contribution in [3.63, 3.8) is 0 Å². The minimum absolute atomic E-state index is 0.193. The summed E-state index contributed by atoms with van der Waals surface area (Å²) in [5.41, 5.74) is 0.942. The van der Waals surface area contributed by atoms with Gasteiger partial charge in [-0.2, -0.15) is 4.37 Å². The van der Waals surface area contributed by atoms with Gasteiger partial charge in [0.1, 0.15) is 17.1 Å². The summed E-state index contributed by atoms with van der Waals surface area (Å²) in [6, 6.07) is 3.74. The molecule has 2 aromatic heterocycles. The zero-order chi connectivity index (χ0) is 15.3. The van der Waals surface area contributed by atoms with Crippen LogP contribution in [0.25, 0.3) is 10.6 Å². The maximum absolute atomic E-state index is 11.5. The van der Waals surface area contributed by atoms with Crippen LogP contribution in [0.3, 0.4) is 0 Å². The van der Waals surface area contributed by atoms with Gasteiger partial charge in [-0.05, 0) is 11.5 Å². The highest BCUT2D eigenvalue weighted by Crippen LogP contribution is 2.17. The van der Waals surface area contributed by atoms with E-state index in [1.54, 1.807) is 0 Å². The summed E-state index contributed by atoms with van der Waals surface area (Å²) in [4.78, 5) is 15.6. The van der Waals surface area contributed by atoms with E-state index in [1.165, 1.54) is 17.9 Å². The number of ketones is 1. The number of hydrogen-bond acceptors (Lipinski definition) is 7. The Morgan fingerprint density at radius 1 is 1.29 bits per heavy atom. The van der Waals surface area contributed by atoms with E-state index in [1.807, 2.05) is 29.1 Å². The van der Waals surface area contributed by atoms with Crippen LogP contribution in [-0.2, 0) is 21.5 Å². The lowest BCUT2D eigenvalue weighted by Gasteiger charge is -2.04. The lowest BCUT2D eigenvalue weighted by atomic mass is 10.2. The van der Waals surface area contributed by atoms with Gasteiger partial charge in [0.05, 0.1) is 16.5 Å². The third-order valence-corrected chi connectivity index (χ3v) is 4.20. The van der Waals surface area contributed by atoms with Crippen LogP contribution >= 0.6 is 11.5 Å². The summed E-state index contributed by atoms with van der Waals surface area (Å²) in [7, 11) is -4.32. The number of nitrogens with zero attached hydrogens (tertiary/aromatic N) is 3. The van der Waals surface area contributed by atoms with Gasteiger partial charge < -0.3 is 4.55 Å². The molecule has 21 heavy (non-hydrogen) atoms. The molecule has 0 amide bonds. The van der Waals surface area contributed by atoms with E-state index in [0.29, 0.717) is 6.54 Å². The first-order chi connectivity index (χ1) is 9.94. The van der Waals surface area contributed by atoms with Crippen LogP contribution in [0.2, 0.25) is 0 Å². The number of carbonyl (C=O) groups is 1. The Bertz CT molecular complexity index is 697. The Morgan fingerprint density at radius 3 is 2.57 bits per heavy atom. The molecular formula is C12H13N3O4S2. The number of hydrogen-bond donors (Lipinski definition) is 0. The third kappa shape index (κ3) is 5.29. The molecule has 2 heterocycles. The fourth-order valence-corrected chi connectivity index (χ4v) is 2.67. The second kappa shape index (κ2) is 6.83. The number of carbonyl (C=O) groups excluding carboxylic acids is 1. The van der Waals surface area contributed by atoms with Gasteiger partial charge in [0.15, 0.2) is 18.9 Å². The van der Waals surface area contributed by atoms with Crippen molar-refractivity contribution in [1.29, 1.82) is 0 Å². The zero-order valence-corrected chi connectivity index (χ0v) is 12.6. The smallest absolute Gasteiger partial charge is 0.169 e. The van der Waals surface area contributed by atoms with Gasteiger partial charge in [0.2, 0.25) is 0 Å². The van der Waals surface area contributed by atoms with E-state index in [9.17, 15) is 17.8 Å². The van der Waals surface area contributed by atoms with E-state index in [0.717, 1.165) is 10.6 Å². The predicted octanol–water partition coefficient (Wildman–Crippen LogP) is 0.387. The average molecular weight is 327 g/mol. The van der Waals surface area contributed by atoms with Crippen LogP contribution in [0.1, 0.15) is 12.8 Å². The molecule has 0 spiro atoms. The first-order valence-electron chi connectivity index (χ1n) is 6.15. The van der Waals surface area contributed by atoms with Gasteiger partial charge in [-0.25, -0.2) is 18.0 Å². The summed E-state index contributed by atoms with van der Waals surface area (Å²) < 4.78 is 37.0. The first kappa shape index (κ1) is 15.7. The van der Waals surface area contributed by atoms with Crippen LogP contribution in [0.4, 0.5) is 0 Å². The highest BCUT2D eigenvalue weighted by Gasteiger charge is 2.09. The van der Waals surface area contributed by atoms with Gasteiger partial charge in [-0.15, -0.1) is 0 Å². The molecule has 0 N–H and O–H groups in total. The minimum Gasteiger partial charge on any atom is -0.748 e. The molecule has 0 radical (unpaired) electrons. The molecule has 0 fully saturated rings.